The molecule has 0 atom stereocenters. The predicted molar refractivity (Wildman–Crippen MR) is 121 cm³/mol. The topological polar surface area (TPSA) is 41.5 Å². The van der Waals surface area contributed by atoms with Gasteiger partial charge in [0.15, 0.2) is 6.29 Å². The van der Waals surface area contributed by atoms with Gasteiger partial charge in [0.25, 0.3) is 0 Å². The number of allylic oxidation sites excluding steroid dienone is 6. The van der Waals surface area contributed by atoms with E-state index in [-0.39, 0.29) is 29.1 Å². The van der Waals surface area contributed by atoms with Gasteiger partial charge in [-0.1, -0.05) is 74.8 Å². The molecule has 30 heavy (non-hydrogen) atoms. The van der Waals surface area contributed by atoms with Gasteiger partial charge in [-0.05, 0) is 24.8 Å². The molecule has 1 aliphatic rings. The number of ether oxygens (including phenoxy) is 2. The molecular formula is C25H37FeO3Si. The van der Waals surface area contributed by atoms with E-state index in [0.717, 1.165) is 30.0 Å². The first-order valence-corrected chi connectivity index (χ1v) is 11.4. The van der Waals surface area contributed by atoms with E-state index in [1.165, 1.54) is 44.9 Å². The Labute approximate surface area is 197 Å². The van der Waals surface area contributed by atoms with Crippen molar-refractivity contribution in [2.45, 2.75) is 76.9 Å². The van der Waals surface area contributed by atoms with E-state index in [1.54, 1.807) is 14.2 Å². The van der Waals surface area contributed by atoms with Crippen molar-refractivity contribution < 1.29 is 31.6 Å². The first-order valence-electron chi connectivity index (χ1n) is 10.9. The van der Waals surface area contributed by atoms with Crippen LogP contribution in [-0.2, 0) is 26.5 Å². The van der Waals surface area contributed by atoms with Gasteiger partial charge in [0.2, 0.25) is 0 Å². The van der Waals surface area contributed by atoms with Gasteiger partial charge in [0.05, 0.1) is 10.2 Å². The van der Waals surface area contributed by atoms with Crippen molar-refractivity contribution >= 4 is 10.2 Å². The van der Waals surface area contributed by atoms with Gasteiger partial charge >= 0.3 is 17.1 Å². The van der Waals surface area contributed by atoms with Gasteiger partial charge in [-0.3, -0.25) is 0 Å². The molecule has 0 fully saturated rings. The van der Waals surface area contributed by atoms with E-state index < -0.39 is 0 Å². The molecular weight excluding hydrogens is 432 g/mol. The van der Waals surface area contributed by atoms with Gasteiger partial charge in [-0.25, -0.2) is 12.1 Å². The predicted octanol–water partition coefficient (Wildman–Crippen LogP) is 5.54. The molecule has 1 aliphatic carbocycles. The van der Waals surface area contributed by atoms with E-state index in [4.69, 9.17) is 9.47 Å². The van der Waals surface area contributed by atoms with Crippen LogP contribution in [0, 0.1) is 0 Å². The molecule has 1 aromatic rings. The van der Waals surface area contributed by atoms with E-state index in [1.807, 2.05) is 48.6 Å². The molecule has 0 unspecified atom stereocenters. The van der Waals surface area contributed by atoms with Crippen LogP contribution in [0.15, 0.2) is 65.1 Å². The van der Waals surface area contributed by atoms with Gasteiger partial charge in [-0.2, -0.15) is 18.2 Å². The number of hydrogen-bond acceptors (Lipinski definition) is 3. The number of rotatable bonds is 14. The Morgan fingerprint density at radius 1 is 0.933 bits per heavy atom. The van der Waals surface area contributed by atoms with Crippen molar-refractivity contribution in [3.63, 3.8) is 0 Å². The molecule has 0 N–H and O–H groups in total. The minimum Gasteiger partial charge on any atom is -0.875 e. The third-order valence-corrected chi connectivity index (χ3v) is 5.48. The Morgan fingerprint density at radius 2 is 1.47 bits per heavy atom. The fraction of sp³-hybridized carbons (Fsp3) is 0.560. The molecule has 0 aromatic heterocycles. The molecule has 1 aromatic carbocycles. The molecule has 167 valence electrons. The maximum absolute atomic E-state index is 12.0. The Balaban J connectivity index is 0.00000122. The van der Waals surface area contributed by atoms with Crippen LogP contribution in [0.1, 0.15) is 70.6 Å². The summed E-state index contributed by atoms with van der Waals surface area (Å²) in [7, 11) is 6.86. The van der Waals surface area contributed by atoms with Crippen molar-refractivity contribution in [2.75, 3.05) is 14.2 Å². The van der Waals surface area contributed by atoms with Crippen LogP contribution < -0.4 is 5.11 Å². The summed E-state index contributed by atoms with van der Waals surface area (Å²) >= 11 is 0. The Kier molecular flexibility index (Phi) is 19.3. The minimum atomic E-state index is -0.0402. The summed E-state index contributed by atoms with van der Waals surface area (Å²) in [5.74, 6) is 0.260. The smallest absolute Gasteiger partial charge is 0.875 e. The van der Waals surface area contributed by atoms with E-state index in [0.29, 0.717) is 6.42 Å². The van der Waals surface area contributed by atoms with Gasteiger partial charge in [-0.15, -0.1) is 5.76 Å². The maximum Gasteiger partial charge on any atom is 2.00 e. The number of unbranched alkanes of at least 4 members (excludes halogenated alkanes) is 8. The average molecular weight is 469 g/mol. The summed E-state index contributed by atoms with van der Waals surface area (Å²) in [6.45, 7) is 0. The van der Waals surface area contributed by atoms with Crippen LogP contribution in [0.3, 0.4) is 0 Å². The first kappa shape index (κ1) is 29.0. The molecule has 3 radical (unpaired) electrons. The third kappa shape index (κ3) is 14.1. The van der Waals surface area contributed by atoms with Gasteiger partial charge < -0.3 is 14.6 Å². The molecule has 0 saturated heterocycles. The van der Waals surface area contributed by atoms with Crippen molar-refractivity contribution in [1.29, 1.82) is 0 Å². The van der Waals surface area contributed by atoms with Crippen LogP contribution in [0.4, 0.5) is 0 Å². The largest absolute Gasteiger partial charge is 2.00 e. The first-order chi connectivity index (χ1) is 14.2. The van der Waals surface area contributed by atoms with Crippen molar-refractivity contribution in [2.24, 2.45) is 0 Å². The normalized spacial score (nSPS) is 14.2. The second-order valence-electron chi connectivity index (χ2n) is 7.36. The standard InChI is InChI=1S/C20H33O3Si.C5H5.Fe/c1-22-20(23-2)16-11-9-7-5-3-4-6-8-10-14-18(21)17-13-12-15-19(17)24;1-2-4-5-3-1;/h12-13,15,20-21H,3-11,14,16H2,1-2H3;1-5H;/q;-1;+2/p-1. The summed E-state index contributed by atoms with van der Waals surface area (Å²) < 4.78 is 10.4. The summed E-state index contributed by atoms with van der Waals surface area (Å²) in [4.78, 5) is 0. The second-order valence-corrected chi connectivity index (χ2v) is 7.90. The van der Waals surface area contributed by atoms with Crippen LogP contribution in [0.25, 0.3) is 0 Å². The summed E-state index contributed by atoms with van der Waals surface area (Å²) in [6.07, 6.45) is 18.4. The SMILES string of the molecule is COC(CCCCCCCCCCCC([O-])=C1C=CC=C1[Si])OC.[Fe+2].c1cc[cH-]c1. The Hall–Kier alpha value is -0.974. The maximum atomic E-state index is 12.0. The zero-order chi connectivity index (χ0) is 21.2. The zero-order valence-electron chi connectivity index (χ0n) is 18.6. The van der Waals surface area contributed by atoms with Crippen molar-refractivity contribution in [1.82, 2.24) is 0 Å². The van der Waals surface area contributed by atoms with Crippen molar-refractivity contribution in [3.05, 3.63) is 65.1 Å². The molecule has 0 amide bonds. The summed E-state index contributed by atoms with van der Waals surface area (Å²) in [5, 5.41) is 12.9. The van der Waals surface area contributed by atoms with E-state index >= 15 is 0 Å². The van der Waals surface area contributed by atoms with Crippen LogP contribution in [0.2, 0.25) is 0 Å². The molecule has 5 heteroatoms. The van der Waals surface area contributed by atoms with E-state index in [2.05, 4.69) is 10.2 Å². The Morgan fingerprint density at radius 3 is 1.90 bits per heavy atom. The second kappa shape index (κ2) is 20.0. The number of hydrogen-bond donors (Lipinski definition) is 0. The zero-order valence-corrected chi connectivity index (χ0v) is 20.7. The quantitative estimate of drug-likeness (QED) is 0.118. The molecule has 3 nitrogen and oxygen atoms in total. The fourth-order valence-corrected chi connectivity index (χ4v) is 3.60. The van der Waals surface area contributed by atoms with Gasteiger partial charge in [0.1, 0.15) is 0 Å². The van der Waals surface area contributed by atoms with Crippen LogP contribution >= 0.6 is 0 Å². The third-order valence-electron chi connectivity index (χ3n) is 5.04. The average Bonchev–Trinajstić information content (AvgIpc) is 3.44. The minimum absolute atomic E-state index is 0. The van der Waals surface area contributed by atoms with Crippen LogP contribution in [-0.4, -0.2) is 30.8 Å². The summed E-state index contributed by atoms with van der Waals surface area (Å²) in [5.41, 5.74) is 0.829. The summed E-state index contributed by atoms with van der Waals surface area (Å²) in [6, 6.07) is 10.0. The molecule has 2 rings (SSSR count). The van der Waals surface area contributed by atoms with Crippen LogP contribution in [0.5, 0.6) is 0 Å². The molecule has 0 saturated carbocycles. The van der Waals surface area contributed by atoms with Crippen molar-refractivity contribution in [3.8, 4) is 0 Å². The van der Waals surface area contributed by atoms with E-state index in [9.17, 15) is 5.11 Å². The van der Waals surface area contributed by atoms with Gasteiger partial charge in [0, 0.05) is 14.2 Å². The monoisotopic (exact) mass is 469 g/mol. The Bertz CT molecular complexity index is 572. The molecule has 0 aliphatic heterocycles. The molecule has 0 bridgehead atoms. The fourth-order valence-electron chi connectivity index (χ4n) is 3.28. The molecule has 0 heterocycles. The molecule has 0 spiro atoms. The number of methoxy groups -OCH3 is 2.